The van der Waals surface area contributed by atoms with E-state index in [-0.39, 0.29) is 0 Å². The van der Waals surface area contributed by atoms with E-state index in [1.807, 2.05) is 0 Å². The number of carbonyl (C=O) groups excluding carboxylic acids is 2. The minimum absolute atomic E-state index is 0.332. The molecule has 0 aliphatic rings. The van der Waals surface area contributed by atoms with Gasteiger partial charge >= 0.3 is 18.4 Å². The van der Waals surface area contributed by atoms with Crippen LogP contribution in [0.1, 0.15) is 26.3 Å². The first kappa shape index (κ1) is 18.9. The highest BCUT2D eigenvalue weighted by Crippen LogP contribution is 2.28. The van der Waals surface area contributed by atoms with E-state index in [4.69, 9.17) is 4.74 Å². The van der Waals surface area contributed by atoms with E-state index < -0.39 is 41.4 Å². The van der Waals surface area contributed by atoms with Gasteiger partial charge in [0.05, 0.1) is 0 Å². The number of halogens is 4. The third-order valence-electron chi connectivity index (χ3n) is 2.72. The lowest BCUT2D eigenvalue weighted by Gasteiger charge is -2.31. The third kappa shape index (κ3) is 5.88. The predicted octanol–water partition coefficient (Wildman–Crippen LogP) is 3.85. The number of esters is 1. The summed E-state index contributed by atoms with van der Waals surface area (Å²) in [6.07, 6.45) is -8.63. The molecular formula is C15H17F4NO3. The van der Waals surface area contributed by atoms with Crippen molar-refractivity contribution in [2.45, 2.75) is 45.1 Å². The zero-order valence-corrected chi connectivity index (χ0v) is 12.9. The van der Waals surface area contributed by atoms with Gasteiger partial charge in [-0.1, -0.05) is 30.3 Å². The number of carbonyl (C=O) groups is 2. The van der Waals surface area contributed by atoms with Crippen molar-refractivity contribution < 1.29 is 31.9 Å². The van der Waals surface area contributed by atoms with Gasteiger partial charge in [-0.3, -0.25) is 0 Å². The molecule has 0 unspecified atom stereocenters. The van der Waals surface area contributed by atoms with Crippen molar-refractivity contribution in [2.24, 2.45) is 0 Å². The highest BCUT2D eigenvalue weighted by molar-refractivity contribution is 5.82. The molecule has 0 saturated carbocycles. The van der Waals surface area contributed by atoms with Crippen LogP contribution < -0.4 is 0 Å². The van der Waals surface area contributed by atoms with Crippen LogP contribution in [0.25, 0.3) is 0 Å². The van der Waals surface area contributed by atoms with Crippen LogP contribution in [0, 0.1) is 0 Å². The number of alkyl halides is 3. The lowest BCUT2D eigenvalue weighted by molar-refractivity contribution is -0.242. The first-order chi connectivity index (χ1) is 10.4. The van der Waals surface area contributed by atoms with Crippen LogP contribution in [0.15, 0.2) is 30.3 Å². The van der Waals surface area contributed by atoms with Crippen molar-refractivity contribution in [3.63, 3.8) is 0 Å². The molecule has 8 heteroatoms. The summed E-state index contributed by atoms with van der Waals surface area (Å²) in [5.41, 5.74) is -0.748. The smallest absolute Gasteiger partial charge is 0.458 e. The van der Waals surface area contributed by atoms with Crippen molar-refractivity contribution in [1.82, 2.24) is 4.90 Å². The molecule has 1 aromatic carbocycles. The molecule has 1 amide bonds. The van der Waals surface area contributed by atoms with E-state index in [2.05, 4.69) is 0 Å². The van der Waals surface area contributed by atoms with Gasteiger partial charge in [-0.2, -0.15) is 0 Å². The second-order valence-corrected chi connectivity index (χ2v) is 5.83. The fourth-order valence-electron chi connectivity index (χ4n) is 1.89. The quantitative estimate of drug-likeness (QED) is 0.363. The fraction of sp³-hybridized carbons (Fsp3) is 0.467. The summed E-state index contributed by atoms with van der Waals surface area (Å²) < 4.78 is 56.8. The number of benzene rings is 1. The maximum absolute atomic E-state index is 13.0. The van der Waals surface area contributed by atoms with E-state index >= 15 is 0 Å². The lowest BCUT2D eigenvalue weighted by atomic mass is 10.0. The van der Waals surface area contributed by atoms with Crippen molar-refractivity contribution in [3.05, 3.63) is 35.9 Å². The predicted molar refractivity (Wildman–Crippen MR) is 74.2 cm³/mol. The van der Waals surface area contributed by atoms with Gasteiger partial charge in [0.2, 0.25) is 0 Å². The molecular weight excluding hydrogens is 318 g/mol. The Morgan fingerprint density at radius 2 is 1.65 bits per heavy atom. The summed E-state index contributed by atoms with van der Waals surface area (Å²) in [5, 5.41) is 0. The molecule has 0 aliphatic carbocycles. The van der Waals surface area contributed by atoms with Crippen LogP contribution in [0.2, 0.25) is 0 Å². The molecule has 0 aromatic heterocycles. The number of ether oxygens (including phenoxy) is 1. The Labute approximate surface area is 131 Å². The Balaban J connectivity index is 3.19. The molecule has 0 spiro atoms. The van der Waals surface area contributed by atoms with E-state index in [1.54, 1.807) is 18.2 Å². The summed E-state index contributed by atoms with van der Waals surface area (Å²) in [5.74, 6) is -1.33. The maximum Gasteiger partial charge on any atom is 0.489 e. The molecule has 0 N–H and O–H groups in total. The highest BCUT2D eigenvalue weighted by atomic mass is 19.4. The van der Waals surface area contributed by atoms with Crippen molar-refractivity contribution >= 4 is 12.1 Å². The average Bonchev–Trinajstić information content (AvgIpc) is 2.35. The minimum Gasteiger partial charge on any atom is -0.458 e. The SMILES string of the molecule is CC(C)(C)OC(=O)[C@H](Cc1ccccc1)N(C(=O)F)C(F)(F)F. The zero-order chi connectivity index (χ0) is 17.8. The molecule has 23 heavy (non-hydrogen) atoms. The van der Waals surface area contributed by atoms with E-state index in [1.165, 1.54) is 32.9 Å². The van der Waals surface area contributed by atoms with Gasteiger partial charge in [0.15, 0.2) is 0 Å². The van der Waals surface area contributed by atoms with Crippen LogP contribution in [0.3, 0.4) is 0 Å². The number of hydrogen-bond acceptors (Lipinski definition) is 3. The number of amides is 1. The number of nitrogens with zero attached hydrogens (tertiary/aromatic N) is 1. The molecule has 0 heterocycles. The molecule has 0 aliphatic heterocycles. The summed E-state index contributed by atoms with van der Waals surface area (Å²) in [6.45, 7) is 4.37. The Morgan fingerprint density at radius 3 is 2.04 bits per heavy atom. The van der Waals surface area contributed by atoms with Gasteiger partial charge in [-0.05, 0) is 26.3 Å². The van der Waals surface area contributed by atoms with E-state index in [9.17, 15) is 27.2 Å². The summed E-state index contributed by atoms with van der Waals surface area (Å²) in [7, 11) is 0. The first-order valence-corrected chi connectivity index (χ1v) is 6.74. The van der Waals surface area contributed by atoms with Crippen LogP contribution >= 0.6 is 0 Å². The van der Waals surface area contributed by atoms with Gasteiger partial charge in [-0.15, -0.1) is 17.6 Å². The Hall–Kier alpha value is -2.12. The molecule has 4 nitrogen and oxygen atoms in total. The molecule has 1 aromatic rings. The second-order valence-electron chi connectivity index (χ2n) is 5.83. The largest absolute Gasteiger partial charge is 0.489 e. The molecule has 0 bridgehead atoms. The summed E-state index contributed by atoms with van der Waals surface area (Å²) in [4.78, 5) is 21.8. The fourth-order valence-corrected chi connectivity index (χ4v) is 1.89. The molecule has 128 valence electrons. The monoisotopic (exact) mass is 335 g/mol. The van der Waals surface area contributed by atoms with E-state index in [0.717, 1.165) is 0 Å². The minimum atomic E-state index is -5.35. The average molecular weight is 335 g/mol. The second kappa shape index (κ2) is 6.97. The molecule has 1 atom stereocenters. The first-order valence-electron chi connectivity index (χ1n) is 6.74. The Bertz CT molecular complexity index is 552. The third-order valence-corrected chi connectivity index (χ3v) is 2.72. The summed E-state index contributed by atoms with van der Waals surface area (Å²) in [6, 6.07) is 5.53. The normalized spacial score (nSPS) is 13.3. The number of rotatable bonds is 4. The lowest BCUT2D eigenvalue weighted by Crippen LogP contribution is -2.53. The summed E-state index contributed by atoms with van der Waals surface area (Å²) >= 11 is 0. The van der Waals surface area contributed by atoms with Crippen LogP contribution in [0.5, 0.6) is 0 Å². The Kier molecular flexibility index (Phi) is 5.74. The number of hydrogen-bond donors (Lipinski definition) is 0. The highest BCUT2D eigenvalue weighted by Gasteiger charge is 2.49. The van der Waals surface area contributed by atoms with Gasteiger partial charge in [0, 0.05) is 6.42 Å². The standard InChI is InChI=1S/C15H17F4NO3/c1-14(2,3)23-12(21)11(9-10-7-5-4-6-8-10)20(13(16)22)15(17,18)19/h4-8,11H,9H2,1-3H3/t11-/m0/s1. The van der Waals surface area contributed by atoms with Gasteiger partial charge in [-0.25, -0.2) is 14.5 Å². The van der Waals surface area contributed by atoms with Crippen LogP contribution in [-0.2, 0) is 16.0 Å². The van der Waals surface area contributed by atoms with Crippen molar-refractivity contribution in [1.29, 1.82) is 0 Å². The topological polar surface area (TPSA) is 46.6 Å². The van der Waals surface area contributed by atoms with Gasteiger partial charge in [0.25, 0.3) is 0 Å². The molecule has 0 saturated heterocycles. The molecule has 0 fully saturated rings. The molecule has 0 radical (unpaired) electrons. The maximum atomic E-state index is 13.0. The van der Waals surface area contributed by atoms with Crippen molar-refractivity contribution in [3.8, 4) is 0 Å². The van der Waals surface area contributed by atoms with Gasteiger partial charge < -0.3 is 4.74 Å². The van der Waals surface area contributed by atoms with E-state index in [0.29, 0.717) is 5.56 Å². The van der Waals surface area contributed by atoms with Crippen molar-refractivity contribution in [2.75, 3.05) is 0 Å². The molecule has 1 rings (SSSR count). The zero-order valence-electron chi connectivity index (χ0n) is 12.9. The van der Waals surface area contributed by atoms with Crippen LogP contribution in [0.4, 0.5) is 22.4 Å². The van der Waals surface area contributed by atoms with Gasteiger partial charge in [0.1, 0.15) is 11.6 Å². The Morgan fingerprint density at radius 1 is 1.13 bits per heavy atom. The van der Waals surface area contributed by atoms with Crippen LogP contribution in [-0.4, -0.2) is 35.0 Å².